The molecule has 0 spiro atoms. The maximum atomic E-state index is 11.3. The first-order valence-corrected chi connectivity index (χ1v) is 54.7. The number of aromatic hydroxyl groups is 4. The van der Waals surface area contributed by atoms with E-state index in [0.29, 0.717) is 27.1 Å². The van der Waals surface area contributed by atoms with Crippen molar-refractivity contribution in [3.8, 4) is 23.0 Å². The minimum atomic E-state index is -0.638. The molecule has 750 valence electrons. The Morgan fingerprint density at radius 1 is 0.222 bits per heavy atom. The van der Waals surface area contributed by atoms with Gasteiger partial charge < -0.3 is 46.0 Å². The highest BCUT2D eigenvalue weighted by atomic mass is 16.4. The molecule has 0 amide bonds. The lowest BCUT2D eigenvalue weighted by Gasteiger charge is -2.16. The van der Waals surface area contributed by atoms with Crippen LogP contribution >= 0.6 is 0 Å². The lowest BCUT2D eigenvalue weighted by Crippen LogP contribution is -2.14. The Kier molecular flexibility index (Phi) is 39.0. The van der Waals surface area contributed by atoms with Gasteiger partial charge in [-0.25, -0.2) is 0 Å². The fraction of sp³-hybridized carbons (Fsp3) is 0.711. The number of aliphatic carboxylic acids is 5. The van der Waals surface area contributed by atoms with Gasteiger partial charge in [0, 0.05) is 12.1 Å². The van der Waals surface area contributed by atoms with Crippen LogP contribution in [0.3, 0.4) is 0 Å². The summed E-state index contributed by atoms with van der Waals surface area (Å²) >= 11 is 0. The van der Waals surface area contributed by atoms with Crippen molar-refractivity contribution >= 4 is 29.8 Å². The van der Waals surface area contributed by atoms with E-state index in [2.05, 4.69) is 113 Å². The van der Waals surface area contributed by atoms with Gasteiger partial charge in [-0.1, -0.05) is 178 Å². The molecule has 0 aromatic heterocycles. The predicted molar refractivity (Wildman–Crippen MR) is 549 cm³/mol. The monoisotopic (exact) mass is 1860 g/mol. The van der Waals surface area contributed by atoms with Gasteiger partial charge in [-0.05, 0) is 480 Å². The zero-order valence-corrected chi connectivity index (χ0v) is 86.3. The molecule has 10 aliphatic carbocycles. The highest BCUT2D eigenvalue weighted by Gasteiger charge is 2.53. The zero-order chi connectivity index (χ0) is 97.5. The first-order chi connectivity index (χ1) is 64.2. The molecule has 10 aliphatic rings. The summed E-state index contributed by atoms with van der Waals surface area (Å²) < 4.78 is 0. The minimum Gasteiger partial charge on any atom is -0.508 e. The molecule has 0 atom stereocenters. The Hall–Kier alpha value is -7.35. The molecule has 10 saturated carbocycles. The standard InChI is InChI=1S/3C25H38O2.2C23H34O4/c1-19-17-20(2)22(10-5-4-7-12-25(15-16-25)23(26)27)21(18-19)9-6-8-11-24(3)13-14-24;1-19-11-12-21(9-5-4-7-14-25(17-18-25)23(26)27)22(20(19)2)10-6-8-13-24(3)15-16-24;1-19-17-20(2)22(10-6-8-11-24(3)13-14-24)21(18-19)9-5-4-7-12-25(15-16-25)23(26)27;1-22(11-12-22)9-6-4-7-17-15-18(24)16-20(25)19(17)8-3-2-5-10-23(13-14-23)21(26)27;1-22(11-12-22)9-6-4-8-19-17(15-18(24)16-20(19)25)7-3-2-5-10-23(13-14-23)21(26)27/h17-18H,4-16H2,1-3H3,(H,26,27);11-12H,4-10,13-18H2,1-3H3,(H,26,27);17-18H,4-16H2,1-3H3,(H,26,27);2*15-16,24-25H,2-14H2,1H3,(H,26,27). The smallest absolute Gasteiger partial charge is 0.309 e. The molecule has 0 heterocycles. The van der Waals surface area contributed by atoms with Crippen LogP contribution in [0.2, 0.25) is 0 Å². The van der Waals surface area contributed by atoms with Crippen LogP contribution in [0.5, 0.6) is 23.0 Å². The molecule has 9 N–H and O–H groups in total. The molecule has 135 heavy (non-hydrogen) atoms. The van der Waals surface area contributed by atoms with E-state index in [9.17, 15) is 69.9 Å². The van der Waals surface area contributed by atoms with E-state index in [4.69, 9.17) is 0 Å². The number of phenols is 4. The number of carboxylic acids is 5. The fourth-order valence-electron chi connectivity index (χ4n) is 22.2. The Balaban J connectivity index is 0.000000162. The first-order valence-electron chi connectivity index (χ1n) is 54.7. The molecule has 0 aliphatic heterocycles. The summed E-state index contributed by atoms with van der Waals surface area (Å²) in [6.45, 7) is 25.5. The van der Waals surface area contributed by atoms with Crippen LogP contribution in [0.1, 0.15) is 477 Å². The third kappa shape index (κ3) is 34.6. The maximum absolute atomic E-state index is 11.3. The van der Waals surface area contributed by atoms with Crippen LogP contribution < -0.4 is 0 Å². The largest absolute Gasteiger partial charge is 0.508 e. The average Bonchev–Trinajstić information content (AvgIpc) is 1.64. The van der Waals surface area contributed by atoms with Crippen molar-refractivity contribution in [2.45, 2.75) is 494 Å². The minimum absolute atomic E-state index is 0.125. The van der Waals surface area contributed by atoms with E-state index in [1.54, 1.807) is 39.9 Å². The summed E-state index contributed by atoms with van der Waals surface area (Å²) in [5.74, 6) is -2.31. The third-order valence-electron chi connectivity index (χ3n) is 35.3. The lowest BCUT2D eigenvalue weighted by molar-refractivity contribution is -0.144. The molecule has 0 bridgehead atoms. The molecule has 0 radical (unpaired) electrons. The molecular formula is C121H182O14. The summed E-state index contributed by atoms with van der Waals surface area (Å²) in [6, 6.07) is 20.6. The van der Waals surface area contributed by atoms with Gasteiger partial charge in [-0.3, -0.25) is 24.0 Å². The van der Waals surface area contributed by atoms with E-state index in [1.807, 2.05) is 0 Å². The number of unbranched alkanes of at least 4 members (excludes halogenated alkanes) is 15. The Morgan fingerprint density at radius 3 is 0.689 bits per heavy atom. The molecule has 5 aromatic carbocycles. The molecule has 0 unspecified atom stereocenters. The molecule has 0 saturated heterocycles. The lowest BCUT2D eigenvalue weighted by atomic mass is 9.89. The van der Waals surface area contributed by atoms with E-state index in [-0.39, 0.29) is 39.2 Å². The molecule has 15 rings (SSSR count). The van der Waals surface area contributed by atoms with Crippen LogP contribution in [-0.4, -0.2) is 75.8 Å². The molecule has 10 fully saturated rings. The van der Waals surface area contributed by atoms with Gasteiger partial charge in [-0.2, -0.15) is 0 Å². The second kappa shape index (κ2) is 48.7. The van der Waals surface area contributed by atoms with E-state index in [1.165, 1.54) is 237 Å². The van der Waals surface area contributed by atoms with Gasteiger partial charge >= 0.3 is 29.8 Å². The highest BCUT2D eigenvalue weighted by Crippen LogP contribution is 2.57. The third-order valence-corrected chi connectivity index (χ3v) is 35.3. The van der Waals surface area contributed by atoms with Crippen molar-refractivity contribution in [2.75, 3.05) is 0 Å². The van der Waals surface area contributed by atoms with Crippen LogP contribution in [0.25, 0.3) is 0 Å². The summed E-state index contributed by atoms with van der Waals surface area (Å²) in [4.78, 5) is 56.3. The van der Waals surface area contributed by atoms with Crippen molar-refractivity contribution in [3.05, 3.63) is 150 Å². The van der Waals surface area contributed by atoms with E-state index in [0.717, 1.165) is 253 Å². The number of hydrogen-bond acceptors (Lipinski definition) is 9. The zero-order valence-electron chi connectivity index (χ0n) is 86.3. The number of phenolic OH excluding ortho intramolecular Hbond substituents is 4. The number of carbonyl (C=O) groups is 5. The van der Waals surface area contributed by atoms with Gasteiger partial charge in [0.05, 0.1) is 27.1 Å². The molecule has 14 heteroatoms. The number of aryl methyl sites for hydroxylation is 10. The molecule has 14 nitrogen and oxygen atoms in total. The van der Waals surface area contributed by atoms with Crippen molar-refractivity contribution in [2.24, 2.45) is 54.1 Å². The summed E-state index contributed by atoms with van der Waals surface area (Å²) in [6.07, 6.45) is 72.6. The Bertz CT molecular complexity index is 4470. The van der Waals surface area contributed by atoms with Crippen LogP contribution in [0, 0.1) is 95.7 Å². The van der Waals surface area contributed by atoms with Crippen molar-refractivity contribution in [3.63, 3.8) is 0 Å². The Morgan fingerprint density at radius 2 is 0.437 bits per heavy atom. The summed E-state index contributed by atoms with van der Waals surface area (Å²) in [7, 11) is 0. The van der Waals surface area contributed by atoms with Crippen molar-refractivity contribution < 1.29 is 69.9 Å². The van der Waals surface area contributed by atoms with Crippen molar-refractivity contribution in [1.29, 1.82) is 0 Å². The average molecular weight is 1860 g/mol. The number of benzene rings is 5. The topological polar surface area (TPSA) is 267 Å². The second-order valence-electron chi connectivity index (χ2n) is 48.1. The van der Waals surface area contributed by atoms with Gasteiger partial charge in [0.2, 0.25) is 0 Å². The molecule has 5 aromatic rings. The quantitative estimate of drug-likeness (QED) is 0.0164. The van der Waals surface area contributed by atoms with Crippen LogP contribution in [0.4, 0.5) is 0 Å². The molecular weight excluding hydrogens is 1680 g/mol. The highest BCUT2D eigenvalue weighted by molar-refractivity contribution is 5.79. The second-order valence-corrected chi connectivity index (χ2v) is 48.1. The summed E-state index contributed by atoms with van der Waals surface area (Å²) in [5.41, 5.74) is 23.4. The van der Waals surface area contributed by atoms with Crippen LogP contribution in [-0.2, 0) is 88.2 Å². The number of rotatable bonds is 60. The van der Waals surface area contributed by atoms with E-state index >= 15 is 0 Å². The summed E-state index contributed by atoms with van der Waals surface area (Å²) in [5, 5.41) is 86.7. The van der Waals surface area contributed by atoms with Crippen molar-refractivity contribution in [1.82, 2.24) is 0 Å². The number of hydrogen-bond donors (Lipinski definition) is 9. The SMILES string of the molecule is CC1(CCCCc2c(O)cc(O)cc2CCCCCC2(C(=O)O)CC2)CC1.CC1(CCCCc2cc(O)cc(O)c2CCCCCC2(C(=O)O)CC2)CC1.Cc1cc(C)c(CCCCC2(C)CC2)c(CCCCCC2(C(=O)O)CC2)c1.Cc1cc(C)c(CCCCCC2(C(=O)O)CC2)c(CCCCC2(C)CC2)c1.Cc1ccc(CCCCCC2(C(=O)O)CC2)c(CCCCC2(C)CC2)c1C. The van der Waals surface area contributed by atoms with Gasteiger partial charge in [-0.15, -0.1) is 0 Å². The van der Waals surface area contributed by atoms with Gasteiger partial charge in [0.1, 0.15) is 23.0 Å². The fourth-order valence-corrected chi connectivity index (χ4v) is 22.2. The van der Waals surface area contributed by atoms with E-state index < -0.39 is 40.7 Å². The number of carboxylic acid groups (broad SMARTS) is 5. The predicted octanol–water partition coefficient (Wildman–Crippen LogP) is 31.5. The maximum Gasteiger partial charge on any atom is 0.309 e. The van der Waals surface area contributed by atoms with Gasteiger partial charge in [0.15, 0.2) is 0 Å². The first kappa shape index (κ1) is 108. The van der Waals surface area contributed by atoms with Gasteiger partial charge in [0.25, 0.3) is 0 Å². The van der Waals surface area contributed by atoms with Crippen LogP contribution in [0.15, 0.2) is 60.7 Å². The normalized spacial score (nSPS) is 19.0. The Labute approximate surface area is 815 Å².